The summed E-state index contributed by atoms with van der Waals surface area (Å²) in [6.07, 6.45) is 7.79. The first-order valence-corrected chi connectivity index (χ1v) is 7.07. The van der Waals surface area contributed by atoms with Crippen molar-refractivity contribution < 1.29 is 4.79 Å². The van der Waals surface area contributed by atoms with E-state index in [9.17, 15) is 4.79 Å². The molecule has 0 aliphatic heterocycles. The normalized spacial score (nSPS) is 13.8. The van der Waals surface area contributed by atoms with E-state index in [1.807, 2.05) is 0 Å². The Morgan fingerprint density at radius 2 is 1.69 bits per heavy atom. The predicted molar refractivity (Wildman–Crippen MR) is 71.6 cm³/mol. The Morgan fingerprint density at radius 1 is 1.12 bits per heavy atom. The van der Waals surface area contributed by atoms with Gasteiger partial charge in [-0.15, -0.1) is 0 Å². The van der Waals surface area contributed by atoms with E-state index in [0.29, 0.717) is 5.78 Å². The number of ketones is 1. The number of rotatable bonds is 9. The summed E-state index contributed by atoms with van der Waals surface area (Å²) in [6, 6.07) is 0. The van der Waals surface area contributed by atoms with E-state index in [1.54, 1.807) is 0 Å². The Balaban J connectivity index is 4.46. The predicted octanol–water partition coefficient (Wildman–Crippen LogP) is 4.99. The van der Waals surface area contributed by atoms with Crippen LogP contribution in [0.15, 0.2) is 0 Å². The zero-order valence-corrected chi connectivity index (χ0v) is 11.9. The number of Topliss-reactive ketones (excluding diaryl/α,β-unsaturated/α-hetero) is 1. The maximum atomic E-state index is 12.1. The highest BCUT2D eigenvalue weighted by Crippen LogP contribution is 2.37. The third-order valence-corrected chi connectivity index (χ3v) is 4.27. The molecule has 96 valence electrons. The summed E-state index contributed by atoms with van der Waals surface area (Å²) < 4.78 is 0. The van der Waals surface area contributed by atoms with Gasteiger partial charge in [-0.05, 0) is 18.3 Å². The third kappa shape index (κ3) is 4.67. The summed E-state index contributed by atoms with van der Waals surface area (Å²) in [7, 11) is 0. The van der Waals surface area contributed by atoms with Crippen LogP contribution in [0.2, 0.25) is 0 Å². The molecule has 0 spiro atoms. The largest absolute Gasteiger partial charge is 0.299 e. The monoisotopic (exact) mass is 226 g/mol. The van der Waals surface area contributed by atoms with Gasteiger partial charge in [-0.1, -0.05) is 60.3 Å². The third-order valence-electron chi connectivity index (χ3n) is 4.27. The van der Waals surface area contributed by atoms with Crippen molar-refractivity contribution in [3.8, 4) is 0 Å². The average Bonchev–Trinajstić information content (AvgIpc) is 2.33. The minimum Gasteiger partial charge on any atom is -0.299 e. The lowest BCUT2D eigenvalue weighted by molar-refractivity contribution is -0.125. The zero-order valence-electron chi connectivity index (χ0n) is 11.9. The van der Waals surface area contributed by atoms with Crippen molar-refractivity contribution in [2.45, 2.75) is 79.6 Å². The molecule has 0 fully saturated rings. The van der Waals surface area contributed by atoms with Crippen LogP contribution in [0.3, 0.4) is 0 Å². The summed E-state index contributed by atoms with van der Waals surface area (Å²) in [4.78, 5) is 12.1. The molecule has 1 atom stereocenters. The van der Waals surface area contributed by atoms with Gasteiger partial charge in [0.05, 0.1) is 0 Å². The van der Waals surface area contributed by atoms with Crippen LogP contribution >= 0.6 is 0 Å². The molecule has 0 N–H and O–H groups in total. The van der Waals surface area contributed by atoms with Crippen molar-refractivity contribution in [1.29, 1.82) is 0 Å². The van der Waals surface area contributed by atoms with E-state index < -0.39 is 0 Å². The van der Waals surface area contributed by atoms with Gasteiger partial charge in [-0.25, -0.2) is 0 Å². The standard InChI is InChI=1S/C15H30O/c1-6-10-11-15(8-3,9-4)12-14(16)13(5)7-2/h13H,6-12H2,1-5H3. The lowest BCUT2D eigenvalue weighted by Gasteiger charge is -2.32. The van der Waals surface area contributed by atoms with Crippen molar-refractivity contribution >= 4 is 5.78 Å². The Kier molecular flexibility index (Phi) is 7.70. The topological polar surface area (TPSA) is 17.1 Å². The van der Waals surface area contributed by atoms with Gasteiger partial charge < -0.3 is 0 Å². The number of hydrogen-bond acceptors (Lipinski definition) is 1. The summed E-state index contributed by atoms with van der Waals surface area (Å²) in [5.74, 6) is 0.724. The SMILES string of the molecule is CCCCC(CC)(CC)CC(=O)C(C)CC. The molecule has 16 heavy (non-hydrogen) atoms. The molecule has 1 nitrogen and oxygen atoms in total. The molecular formula is C15H30O. The van der Waals surface area contributed by atoms with Gasteiger partial charge in [0.2, 0.25) is 0 Å². The van der Waals surface area contributed by atoms with E-state index in [2.05, 4.69) is 34.6 Å². The van der Waals surface area contributed by atoms with Crippen LogP contribution in [0.5, 0.6) is 0 Å². The maximum Gasteiger partial charge on any atom is 0.136 e. The van der Waals surface area contributed by atoms with E-state index in [4.69, 9.17) is 0 Å². The van der Waals surface area contributed by atoms with Crippen LogP contribution in [0, 0.1) is 11.3 Å². The molecular weight excluding hydrogens is 196 g/mol. The van der Waals surface area contributed by atoms with E-state index in [1.165, 1.54) is 19.3 Å². The highest BCUT2D eigenvalue weighted by Gasteiger charge is 2.29. The molecule has 1 unspecified atom stereocenters. The molecule has 0 bridgehead atoms. The second kappa shape index (κ2) is 7.86. The Hall–Kier alpha value is -0.330. The first-order chi connectivity index (χ1) is 7.55. The van der Waals surface area contributed by atoms with Crippen LogP contribution in [0.1, 0.15) is 79.6 Å². The smallest absolute Gasteiger partial charge is 0.136 e. The van der Waals surface area contributed by atoms with Gasteiger partial charge in [0.1, 0.15) is 5.78 Å². The summed E-state index contributed by atoms with van der Waals surface area (Å²) >= 11 is 0. The molecule has 0 aromatic carbocycles. The molecule has 0 saturated carbocycles. The number of hydrogen-bond donors (Lipinski definition) is 0. The van der Waals surface area contributed by atoms with Crippen molar-refractivity contribution in [3.63, 3.8) is 0 Å². The first-order valence-electron chi connectivity index (χ1n) is 7.07. The molecule has 0 aliphatic rings. The maximum absolute atomic E-state index is 12.1. The molecule has 0 heterocycles. The van der Waals surface area contributed by atoms with E-state index in [-0.39, 0.29) is 11.3 Å². The molecule has 0 radical (unpaired) electrons. The van der Waals surface area contributed by atoms with Gasteiger partial charge in [-0.2, -0.15) is 0 Å². The molecule has 0 rings (SSSR count). The van der Waals surface area contributed by atoms with Crippen LogP contribution in [-0.4, -0.2) is 5.78 Å². The van der Waals surface area contributed by atoms with Crippen molar-refractivity contribution in [2.75, 3.05) is 0 Å². The van der Waals surface area contributed by atoms with Crippen LogP contribution < -0.4 is 0 Å². The van der Waals surface area contributed by atoms with Crippen molar-refractivity contribution in [2.24, 2.45) is 11.3 Å². The van der Waals surface area contributed by atoms with Gasteiger partial charge in [0.25, 0.3) is 0 Å². The Bertz CT molecular complexity index is 192. The van der Waals surface area contributed by atoms with E-state index >= 15 is 0 Å². The highest BCUT2D eigenvalue weighted by atomic mass is 16.1. The van der Waals surface area contributed by atoms with Gasteiger partial charge in [0.15, 0.2) is 0 Å². The summed E-state index contributed by atoms with van der Waals surface area (Å²) in [6.45, 7) is 10.9. The van der Waals surface area contributed by atoms with Crippen molar-refractivity contribution in [3.05, 3.63) is 0 Å². The molecule has 0 aliphatic carbocycles. The molecule has 1 heteroatoms. The lowest BCUT2D eigenvalue weighted by atomic mass is 9.72. The van der Waals surface area contributed by atoms with Crippen LogP contribution in [-0.2, 0) is 4.79 Å². The van der Waals surface area contributed by atoms with Gasteiger partial charge in [-0.3, -0.25) is 4.79 Å². The Labute approximate surface area is 102 Å². The lowest BCUT2D eigenvalue weighted by Crippen LogP contribution is -2.26. The fourth-order valence-electron chi connectivity index (χ4n) is 2.27. The zero-order chi connectivity index (χ0) is 12.6. The second-order valence-electron chi connectivity index (χ2n) is 5.26. The minimum absolute atomic E-state index is 0.249. The number of carbonyl (C=O) groups is 1. The Morgan fingerprint density at radius 3 is 2.06 bits per heavy atom. The fraction of sp³-hybridized carbons (Fsp3) is 0.933. The first kappa shape index (κ1) is 15.7. The minimum atomic E-state index is 0.249. The van der Waals surface area contributed by atoms with E-state index in [0.717, 1.165) is 25.7 Å². The summed E-state index contributed by atoms with van der Waals surface area (Å²) in [5.41, 5.74) is 0.288. The highest BCUT2D eigenvalue weighted by molar-refractivity contribution is 5.81. The molecule has 0 aromatic rings. The number of unbranched alkanes of at least 4 members (excludes halogenated alkanes) is 1. The average molecular weight is 226 g/mol. The molecule has 0 aromatic heterocycles. The molecule has 0 saturated heterocycles. The summed E-state index contributed by atoms with van der Waals surface area (Å²) in [5, 5.41) is 0. The second-order valence-corrected chi connectivity index (χ2v) is 5.26. The van der Waals surface area contributed by atoms with Crippen molar-refractivity contribution in [1.82, 2.24) is 0 Å². The fourth-order valence-corrected chi connectivity index (χ4v) is 2.27. The quantitative estimate of drug-likeness (QED) is 0.541. The van der Waals surface area contributed by atoms with Gasteiger partial charge in [0, 0.05) is 12.3 Å². The van der Waals surface area contributed by atoms with Gasteiger partial charge >= 0.3 is 0 Å². The van der Waals surface area contributed by atoms with Crippen LogP contribution in [0.4, 0.5) is 0 Å². The van der Waals surface area contributed by atoms with Crippen LogP contribution in [0.25, 0.3) is 0 Å². The number of carbonyl (C=O) groups excluding carboxylic acids is 1. The molecule has 0 amide bonds.